The van der Waals surface area contributed by atoms with Crippen LogP contribution in [0, 0.1) is 0 Å². The summed E-state index contributed by atoms with van der Waals surface area (Å²) in [6, 6.07) is 12.1. The fourth-order valence-corrected chi connectivity index (χ4v) is 3.72. The summed E-state index contributed by atoms with van der Waals surface area (Å²) in [5.74, 6) is -1.46. The summed E-state index contributed by atoms with van der Waals surface area (Å²) in [6.45, 7) is 2.98. The Morgan fingerprint density at radius 3 is 2.03 bits per heavy atom. The molecule has 30 heavy (non-hydrogen) atoms. The van der Waals surface area contributed by atoms with Gasteiger partial charge in [-0.05, 0) is 50.1 Å². The van der Waals surface area contributed by atoms with Crippen LogP contribution in [0.3, 0.4) is 0 Å². The monoisotopic (exact) mass is 406 g/mol. The largest absolute Gasteiger partial charge is 0.325 e. The van der Waals surface area contributed by atoms with Crippen LogP contribution in [0.4, 0.5) is 16.2 Å². The van der Waals surface area contributed by atoms with E-state index in [1.54, 1.807) is 53.4 Å². The summed E-state index contributed by atoms with van der Waals surface area (Å²) in [5, 5.41) is 5.54. The van der Waals surface area contributed by atoms with Gasteiger partial charge in [-0.1, -0.05) is 18.2 Å². The molecule has 4 rings (SSSR count). The van der Waals surface area contributed by atoms with Crippen molar-refractivity contribution >= 4 is 35.1 Å². The number of carbonyl (C=O) groups excluding carboxylic acids is 4. The highest BCUT2D eigenvalue weighted by Gasteiger charge is 2.40. The van der Waals surface area contributed by atoms with E-state index in [0.29, 0.717) is 22.5 Å². The number of urea groups is 1. The first-order chi connectivity index (χ1) is 14.5. The standard InChI is InChI=1S/C22H22N4O4/c1-14(26-20(28)17-9-2-3-10-18(17)21(26)29)19(27)23-15-7-6-8-16(13-15)24-22(30)25-11-4-5-12-25/h2-3,6-10,13-14H,4-5,11-12H2,1H3,(H,23,27)(H,24,30). The van der Waals surface area contributed by atoms with Crippen LogP contribution in [0.25, 0.3) is 0 Å². The summed E-state index contributed by atoms with van der Waals surface area (Å²) in [6.07, 6.45) is 2.00. The summed E-state index contributed by atoms with van der Waals surface area (Å²) in [7, 11) is 0. The van der Waals surface area contributed by atoms with E-state index in [9.17, 15) is 19.2 Å². The third-order valence-corrected chi connectivity index (χ3v) is 5.37. The van der Waals surface area contributed by atoms with Crippen LogP contribution in [0.2, 0.25) is 0 Å². The molecule has 2 N–H and O–H groups in total. The van der Waals surface area contributed by atoms with Crippen LogP contribution in [0.5, 0.6) is 0 Å². The zero-order valence-corrected chi connectivity index (χ0v) is 16.6. The minimum Gasteiger partial charge on any atom is -0.325 e. The number of amides is 5. The van der Waals surface area contributed by atoms with Crippen LogP contribution < -0.4 is 10.6 Å². The van der Waals surface area contributed by atoms with Crippen molar-refractivity contribution in [3.8, 4) is 0 Å². The first kappa shape index (κ1) is 19.6. The average molecular weight is 406 g/mol. The lowest BCUT2D eigenvalue weighted by Gasteiger charge is -2.22. The number of benzene rings is 2. The van der Waals surface area contributed by atoms with Crippen molar-refractivity contribution in [2.45, 2.75) is 25.8 Å². The molecule has 2 aromatic rings. The first-order valence-electron chi connectivity index (χ1n) is 9.89. The highest BCUT2D eigenvalue weighted by Crippen LogP contribution is 2.25. The Morgan fingerprint density at radius 1 is 0.867 bits per heavy atom. The number of hydrogen-bond donors (Lipinski definition) is 2. The van der Waals surface area contributed by atoms with Gasteiger partial charge in [0.15, 0.2) is 0 Å². The Bertz CT molecular complexity index is 994. The smallest absolute Gasteiger partial charge is 0.321 e. The molecule has 2 aromatic carbocycles. The number of hydrogen-bond acceptors (Lipinski definition) is 4. The van der Waals surface area contributed by atoms with Crippen molar-refractivity contribution in [3.63, 3.8) is 0 Å². The lowest BCUT2D eigenvalue weighted by atomic mass is 10.1. The van der Waals surface area contributed by atoms with Gasteiger partial charge < -0.3 is 15.5 Å². The van der Waals surface area contributed by atoms with Crippen LogP contribution >= 0.6 is 0 Å². The molecule has 8 nitrogen and oxygen atoms in total. The molecule has 0 spiro atoms. The molecule has 1 saturated heterocycles. The van der Waals surface area contributed by atoms with Crippen molar-refractivity contribution in [2.75, 3.05) is 23.7 Å². The molecule has 0 radical (unpaired) electrons. The molecule has 0 aromatic heterocycles. The van der Waals surface area contributed by atoms with Crippen molar-refractivity contribution < 1.29 is 19.2 Å². The van der Waals surface area contributed by atoms with E-state index in [2.05, 4.69) is 10.6 Å². The van der Waals surface area contributed by atoms with Gasteiger partial charge in [-0.3, -0.25) is 19.3 Å². The van der Waals surface area contributed by atoms with E-state index in [-0.39, 0.29) is 6.03 Å². The Kier molecular flexibility index (Phi) is 5.22. The minimum atomic E-state index is -0.986. The highest BCUT2D eigenvalue weighted by molar-refractivity contribution is 6.23. The number of nitrogens with zero attached hydrogens (tertiary/aromatic N) is 2. The molecule has 0 bridgehead atoms. The molecule has 2 heterocycles. The summed E-state index contributed by atoms with van der Waals surface area (Å²) >= 11 is 0. The Hall–Kier alpha value is -3.68. The molecule has 5 amide bonds. The summed E-state index contributed by atoms with van der Waals surface area (Å²) < 4.78 is 0. The number of likely N-dealkylation sites (tertiary alicyclic amines) is 1. The molecular formula is C22H22N4O4. The molecular weight excluding hydrogens is 384 g/mol. The molecule has 0 saturated carbocycles. The second kappa shape index (κ2) is 7.98. The second-order valence-electron chi connectivity index (χ2n) is 7.40. The number of anilines is 2. The Morgan fingerprint density at radius 2 is 1.43 bits per heavy atom. The Balaban J connectivity index is 1.43. The SMILES string of the molecule is CC(C(=O)Nc1cccc(NC(=O)N2CCCC2)c1)N1C(=O)c2ccccc2C1=O. The number of carbonyl (C=O) groups is 4. The molecule has 0 aliphatic carbocycles. The minimum absolute atomic E-state index is 0.171. The molecule has 154 valence electrons. The number of fused-ring (bicyclic) bond motifs is 1. The van der Waals surface area contributed by atoms with Gasteiger partial charge in [-0.25, -0.2) is 4.79 Å². The number of rotatable bonds is 4. The van der Waals surface area contributed by atoms with Gasteiger partial charge in [0.1, 0.15) is 6.04 Å². The Labute approximate surface area is 173 Å². The summed E-state index contributed by atoms with van der Waals surface area (Å²) in [4.78, 5) is 52.9. The number of imide groups is 1. The lowest BCUT2D eigenvalue weighted by Crippen LogP contribution is -2.45. The van der Waals surface area contributed by atoms with Crippen molar-refractivity contribution in [3.05, 3.63) is 59.7 Å². The van der Waals surface area contributed by atoms with Gasteiger partial charge in [-0.15, -0.1) is 0 Å². The first-order valence-corrected chi connectivity index (χ1v) is 9.89. The van der Waals surface area contributed by atoms with Crippen LogP contribution in [0.1, 0.15) is 40.5 Å². The normalized spacial score (nSPS) is 16.4. The molecule has 1 fully saturated rings. The van der Waals surface area contributed by atoms with E-state index in [4.69, 9.17) is 0 Å². The van der Waals surface area contributed by atoms with E-state index in [0.717, 1.165) is 30.8 Å². The predicted octanol–water partition coefficient (Wildman–Crippen LogP) is 2.94. The zero-order chi connectivity index (χ0) is 21.3. The quantitative estimate of drug-likeness (QED) is 0.763. The van der Waals surface area contributed by atoms with Crippen molar-refractivity contribution in [2.24, 2.45) is 0 Å². The fourth-order valence-electron chi connectivity index (χ4n) is 3.72. The third-order valence-electron chi connectivity index (χ3n) is 5.37. The second-order valence-corrected chi connectivity index (χ2v) is 7.40. The maximum atomic E-state index is 12.7. The third kappa shape index (κ3) is 3.63. The summed E-state index contributed by atoms with van der Waals surface area (Å²) in [5.41, 5.74) is 1.61. The van der Waals surface area contributed by atoms with E-state index < -0.39 is 23.8 Å². The number of nitrogens with one attached hydrogen (secondary N) is 2. The van der Waals surface area contributed by atoms with E-state index in [1.807, 2.05) is 0 Å². The van der Waals surface area contributed by atoms with Crippen molar-refractivity contribution in [1.29, 1.82) is 0 Å². The van der Waals surface area contributed by atoms with E-state index in [1.165, 1.54) is 6.92 Å². The van der Waals surface area contributed by atoms with Gasteiger partial charge in [0.25, 0.3) is 11.8 Å². The van der Waals surface area contributed by atoms with Crippen LogP contribution in [-0.4, -0.2) is 52.7 Å². The topological polar surface area (TPSA) is 98.8 Å². The highest BCUT2D eigenvalue weighted by atomic mass is 16.2. The molecule has 1 unspecified atom stereocenters. The molecule has 1 atom stereocenters. The maximum Gasteiger partial charge on any atom is 0.321 e. The average Bonchev–Trinajstić information content (AvgIpc) is 3.36. The maximum absolute atomic E-state index is 12.7. The van der Waals surface area contributed by atoms with Crippen LogP contribution in [-0.2, 0) is 4.79 Å². The van der Waals surface area contributed by atoms with Gasteiger partial charge in [0.05, 0.1) is 11.1 Å². The van der Waals surface area contributed by atoms with Crippen molar-refractivity contribution in [1.82, 2.24) is 9.80 Å². The van der Waals surface area contributed by atoms with Gasteiger partial charge in [0.2, 0.25) is 5.91 Å². The molecule has 8 heteroatoms. The van der Waals surface area contributed by atoms with Gasteiger partial charge in [-0.2, -0.15) is 0 Å². The molecule has 2 aliphatic heterocycles. The fraction of sp³-hybridized carbons (Fsp3) is 0.273. The zero-order valence-electron chi connectivity index (χ0n) is 16.6. The lowest BCUT2D eigenvalue weighted by molar-refractivity contribution is -0.119. The molecule has 2 aliphatic rings. The van der Waals surface area contributed by atoms with E-state index >= 15 is 0 Å². The van der Waals surface area contributed by atoms with Gasteiger partial charge >= 0.3 is 6.03 Å². The predicted molar refractivity (Wildman–Crippen MR) is 111 cm³/mol. The van der Waals surface area contributed by atoms with Gasteiger partial charge in [0, 0.05) is 24.5 Å². The van der Waals surface area contributed by atoms with Crippen LogP contribution in [0.15, 0.2) is 48.5 Å².